The molecule has 2 aliphatic heterocycles. The first-order chi connectivity index (χ1) is 12.6. The zero-order valence-electron chi connectivity index (χ0n) is 14.4. The third-order valence-electron chi connectivity index (χ3n) is 5.59. The molecule has 2 heterocycles. The van der Waals surface area contributed by atoms with Gasteiger partial charge in [0.15, 0.2) is 0 Å². The fourth-order valence-electron chi connectivity index (χ4n) is 4.32. The molecule has 5 nitrogen and oxygen atoms in total. The molecular weight excluding hydrogens is 346 g/mol. The topological polar surface area (TPSA) is 52.7 Å². The highest BCUT2D eigenvalue weighted by Crippen LogP contribution is 2.39. The van der Waals surface area contributed by atoms with E-state index < -0.39 is 10.2 Å². The number of nitrogens with zero attached hydrogens (tertiary/aromatic N) is 2. The Morgan fingerprint density at radius 2 is 1.69 bits per heavy atom. The summed E-state index contributed by atoms with van der Waals surface area (Å²) in [7, 11) is -3.48. The smallest absolute Gasteiger partial charge is 0.324 e. The minimum Gasteiger partial charge on any atom is -0.374 e. The van der Waals surface area contributed by atoms with Crippen LogP contribution < -0.4 is 9.03 Å². The summed E-state index contributed by atoms with van der Waals surface area (Å²) in [6.07, 6.45) is 4.93. The number of fused-ring (bicyclic) bond motifs is 2. The van der Waals surface area contributed by atoms with Crippen LogP contribution in [0, 0.1) is 0 Å². The van der Waals surface area contributed by atoms with Crippen LogP contribution in [-0.2, 0) is 16.6 Å². The van der Waals surface area contributed by atoms with Gasteiger partial charge in [-0.25, -0.2) is 4.31 Å². The monoisotopic (exact) mass is 367 g/mol. The second-order valence-electron chi connectivity index (χ2n) is 7.15. The zero-order valence-corrected chi connectivity index (χ0v) is 15.2. The van der Waals surface area contributed by atoms with Crippen LogP contribution in [0.3, 0.4) is 0 Å². The number of hydrogen-bond donors (Lipinski definition) is 1. The lowest BCUT2D eigenvalue weighted by atomic mass is 10.0. The fourth-order valence-corrected chi connectivity index (χ4v) is 5.89. The molecule has 0 saturated carbocycles. The first-order valence-corrected chi connectivity index (χ1v) is 10.5. The molecule has 0 bridgehead atoms. The Labute approximate surface area is 154 Å². The van der Waals surface area contributed by atoms with E-state index in [9.17, 15) is 8.42 Å². The quantitative estimate of drug-likeness (QED) is 0.887. The normalized spacial score (nSPS) is 21.2. The van der Waals surface area contributed by atoms with E-state index in [0.29, 0.717) is 5.69 Å². The highest BCUT2D eigenvalue weighted by molar-refractivity contribution is 7.94. The van der Waals surface area contributed by atoms with Gasteiger partial charge in [0.05, 0.1) is 17.4 Å². The highest BCUT2D eigenvalue weighted by atomic mass is 32.2. The van der Waals surface area contributed by atoms with Gasteiger partial charge in [-0.1, -0.05) is 36.4 Å². The lowest BCUT2D eigenvalue weighted by molar-refractivity contribution is 0.264. The Bertz CT molecular complexity index is 992. The largest absolute Gasteiger partial charge is 0.374 e. The molecule has 6 heteroatoms. The Hall–Kier alpha value is -2.47. The van der Waals surface area contributed by atoms with Crippen molar-refractivity contribution in [3.8, 4) is 0 Å². The predicted octanol–water partition coefficient (Wildman–Crippen LogP) is 3.22. The minimum absolute atomic E-state index is 0.0109. The summed E-state index contributed by atoms with van der Waals surface area (Å²) >= 11 is 0. The maximum atomic E-state index is 12.6. The Balaban J connectivity index is 1.33. The van der Waals surface area contributed by atoms with Crippen LogP contribution in [-0.4, -0.2) is 32.4 Å². The summed E-state index contributed by atoms with van der Waals surface area (Å²) in [6, 6.07) is 16.0. The Morgan fingerprint density at radius 3 is 2.50 bits per heavy atom. The molecule has 2 aromatic carbocycles. The van der Waals surface area contributed by atoms with E-state index in [-0.39, 0.29) is 6.04 Å². The van der Waals surface area contributed by atoms with Crippen LogP contribution >= 0.6 is 0 Å². The van der Waals surface area contributed by atoms with Gasteiger partial charge in [0.25, 0.3) is 0 Å². The van der Waals surface area contributed by atoms with Gasteiger partial charge in [0.2, 0.25) is 0 Å². The second kappa shape index (κ2) is 5.77. The van der Waals surface area contributed by atoms with Gasteiger partial charge >= 0.3 is 10.2 Å². The van der Waals surface area contributed by atoms with E-state index >= 15 is 0 Å². The summed E-state index contributed by atoms with van der Waals surface area (Å²) in [5.41, 5.74) is 5.50. The lowest BCUT2D eigenvalue weighted by Gasteiger charge is -2.38. The summed E-state index contributed by atoms with van der Waals surface area (Å²) in [5, 5.41) is 0. The molecule has 2 aromatic rings. The van der Waals surface area contributed by atoms with Gasteiger partial charge in [-0.3, -0.25) is 4.72 Å². The summed E-state index contributed by atoms with van der Waals surface area (Å²) in [5.74, 6) is 0. The SMILES string of the molecule is O=S1(=O)Nc2ccccc2N1C1CCN(C2=Cc3ccccc3C2)CC1. The molecule has 5 rings (SSSR count). The molecule has 1 fully saturated rings. The van der Waals surface area contributed by atoms with Gasteiger partial charge < -0.3 is 4.90 Å². The fraction of sp³-hybridized carbons (Fsp3) is 0.300. The predicted molar refractivity (Wildman–Crippen MR) is 104 cm³/mol. The van der Waals surface area contributed by atoms with E-state index in [2.05, 4.69) is 40.0 Å². The van der Waals surface area contributed by atoms with Crippen molar-refractivity contribution in [3.05, 3.63) is 65.4 Å². The van der Waals surface area contributed by atoms with Crippen LogP contribution in [0.25, 0.3) is 6.08 Å². The summed E-state index contributed by atoms with van der Waals surface area (Å²) in [6.45, 7) is 1.78. The molecule has 0 amide bonds. The van der Waals surface area contributed by atoms with Gasteiger partial charge in [0, 0.05) is 25.2 Å². The molecule has 134 valence electrons. The summed E-state index contributed by atoms with van der Waals surface area (Å²) in [4.78, 5) is 2.42. The molecule has 0 radical (unpaired) electrons. The van der Waals surface area contributed by atoms with E-state index in [1.54, 1.807) is 4.31 Å². The van der Waals surface area contributed by atoms with Gasteiger partial charge in [-0.05, 0) is 42.2 Å². The van der Waals surface area contributed by atoms with Crippen molar-refractivity contribution < 1.29 is 8.42 Å². The number of nitrogens with one attached hydrogen (secondary N) is 1. The van der Waals surface area contributed by atoms with Crippen molar-refractivity contribution in [3.63, 3.8) is 0 Å². The average Bonchev–Trinajstić information content (AvgIpc) is 3.18. The van der Waals surface area contributed by atoms with Gasteiger partial charge in [0.1, 0.15) is 0 Å². The molecular formula is C20H21N3O2S. The molecule has 1 N–H and O–H groups in total. The first kappa shape index (κ1) is 15.8. The molecule has 1 aliphatic carbocycles. The standard InChI is InChI=1S/C20H21N3O2S/c24-26(25)21-19-7-3-4-8-20(19)23(26)17-9-11-22(12-10-17)18-13-15-5-1-2-6-16(15)14-18/h1-8,13,17,21H,9-12,14H2. The number of para-hydroxylation sites is 2. The maximum Gasteiger partial charge on any atom is 0.324 e. The van der Waals surface area contributed by atoms with Crippen molar-refractivity contribution in [2.45, 2.75) is 25.3 Å². The number of piperidine rings is 1. The number of benzene rings is 2. The molecule has 1 saturated heterocycles. The van der Waals surface area contributed by atoms with Crippen molar-refractivity contribution >= 4 is 27.7 Å². The third kappa shape index (κ3) is 2.48. The first-order valence-electron chi connectivity index (χ1n) is 9.06. The summed E-state index contributed by atoms with van der Waals surface area (Å²) < 4.78 is 29.5. The molecule has 0 atom stereocenters. The molecule has 0 unspecified atom stereocenters. The van der Waals surface area contributed by atoms with Crippen LogP contribution in [0.2, 0.25) is 0 Å². The molecule has 3 aliphatic rings. The highest BCUT2D eigenvalue weighted by Gasteiger charge is 2.39. The van der Waals surface area contributed by atoms with Crippen LogP contribution in [0.15, 0.2) is 54.2 Å². The molecule has 0 aromatic heterocycles. The number of hydrogen-bond acceptors (Lipinski definition) is 3. The average molecular weight is 367 g/mol. The molecule has 0 spiro atoms. The van der Waals surface area contributed by atoms with Crippen molar-refractivity contribution in [1.82, 2.24) is 4.90 Å². The third-order valence-corrected chi connectivity index (χ3v) is 7.08. The minimum atomic E-state index is -3.48. The van der Waals surface area contributed by atoms with Crippen LogP contribution in [0.1, 0.15) is 24.0 Å². The molecule has 26 heavy (non-hydrogen) atoms. The van der Waals surface area contributed by atoms with Crippen molar-refractivity contribution in [2.75, 3.05) is 22.1 Å². The van der Waals surface area contributed by atoms with Crippen molar-refractivity contribution in [2.24, 2.45) is 0 Å². The Morgan fingerprint density at radius 1 is 0.962 bits per heavy atom. The maximum absolute atomic E-state index is 12.6. The van der Waals surface area contributed by atoms with Crippen molar-refractivity contribution in [1.29, 1.82) is 0 Å². The Kier molecular flexibility index (Phi) is 3.50. The zero-order chi connectivity index (χ0) is 17.7. The van der Waals surface area contributed by atoms with E-state index in [1.807, 2.05) is 24.3 Å². The lowest BCUT2D eigenvalue weighted by Crippen LogP contribution is -2.46. The number of likely N-dealkylation sites (tertiary alicyclic amines) is 1. The van der Waals surface area contributed by atoms with E-state index in [4.69, 9.17) is 0 Å². The van der Waals surface area contributed by atoms with E-state index in [0.717, 1.165) is 38.0 Å². The van der Waals surface area contributed by atoms with Crippen LogP contribution in [0.4, 0.5) is 11.4 Å². The second-order valence-corrected chi connectivity index (χ2v) is 8.70. The number of rotatable bonds is 2. The van der Waals surface area contributed by atoms with E-state index in [1.165, 1.54) is 16.8 Å². The number of anilines is 2. The van der Waals surface area contributed by atoms with Crippen LogP contribution in [0.5, 0.6) is 0 Å². The van der Waals surface area contributed by atoms with Gasteiger partial charge in [-0.2, -0.15) is 8.42 Å². The van der Waals surface area contributed by atoms with Gasteiger partial charge in [-0.15, -0.1) is 0 Å². The number of allylic oxidation sites excluding steroid dienone is 1.